The predicted molar refractivity (Wildman–Crippen MR) is 119 cm³/mol. The number of rotatable bonds is 8. The van der Waals surface area contributed by atoms with Gasteiger partial charge >= 0.3 is 5.97 Å². The van der Waals surface area contributed by atoms with Gasteiger partial charge in [0.25, 0.3) is 0 Å². The van der Waals surface area contributed by atoms with Crippen molar-refractivity contribution in [2.45, 2.75) is 31.4 Å². The molecule has 0 aliphatic rings. The zero-order valence-electron chi connectivity index (χ0n) is 18.0. The molecule has 2 aromatic carbocycles. The highest BCUT2D eigenvalue weighted by molar-refractivity contribution is 7.98. The van der Waals surface area contributed by atoms with Gasteiger partial charge in [0.05, 0.1) is 18.4 Å². The van der Waals surface area contributed by atoms with Crippen LogP contribution in [0, 0.1) is 5.41 Å². The Morgan fingerprint density at radius 1 is 1.06 bits per heavy atom. The van der Waals surface area contributed by atoms with E-state index < -0.39 is 11.4 Å². The minimum atomic E-state index is -0.556. The fourth-order valence-electron chi connectivity index (χ4n) is 2.70. The van der Waals surface area contributed by atoms with Gasteiger partial charge in [-0.3, -0.25) is 4.79 Å². The summed E-state index contributed by atoms with van der Waals surface area (Å²) in [6.45, 7) is 5.14. The van der Waals surface area contributed by atoms with Crippen LogP contribution >= 0.6 is 11.8 Å². The molecule has 1 aromatic heterocycles. The summed E-state index contributed by atoms with van der Waals surface area (Å²) >= 11 is 1.44. The molecule has 0 aliphatic carbocycles. The number of ketones is 1. The van der Waals surface area contributed by atoms with Gasteiger partial charge in [0, 0.05) is 21.9 Å². The van der Waals surface area contributed by atoms with Crippen LogP contribution in [0.25, 0.3) is 11.3 Å². The van der Waals surface area contributed by atoms with Crippen molar-refractivity contribution in [1.29, 1.82) is 0 Å². The minimum absolute atomic E-state index is 0.128. The molecule has 0 fully saturated rings. The molecular formula is C24H25NO5S. The second-order valence-corrected chi connectivity index (χ2v) is 8.93. The van der Waals surface area contributed by atoms with E-state index >= 15 is 0 Å². The van der Waals surface area contributed by atoms with Gasteiger partial charge in [0.15, 0.2) is 12.4 Å². The number of aromatic nitrogens is 1. The molecule has 31 heavy (non-hydrogen) atoms. The number of nitrogens with zero attached hydrogens (tertiary/aromatic N) is 1. The van der Waals surface area contributed by atoms with Gasteiger partial charge in [0.2, 0.25) is 0 Å². The smallest absolute Gasteiger partial charge is 0.339 e. The Labute approximate surface area is 185 Å². The Morgan fingerprint density at radius 2 is 1.77 bits per heavy atom. The molecule has 162 valence electrons. The highest BCUT2D eigenvalue weighted by atomic mass is 32.2. The average Bonchev–Trinajstić information content (AvgIpc) is 3.24. The Kier molecular flexibility index (Phi) is 7.17. The van der Waals surface area contributed by atoms with Crippen molar-refractivity contribution in [3.05, 3.63) is 65.9 Å². The van der Waals surface area contributed by atoms with E-state index in [1.54, 1.807) is 40.0 Å². The van der Waals surface area contributed by atoms with Crippen LogP contribution in [0.4, 0.5) is 0 Å². The molecule has 0 atom stereocenters. The highest BCUT2D eigenvalue weighted by Gasteiger charge is 2.23. The van der Waals surface area contributed by atoms with Gasteiger partial charge < -0.3 is 14.0 Å². The molecule has 0 amide bonds. The molecule has 0 saturated carbocycles. The Balaban J connectivity index is 1.67. The van der Waals surface area contributed by atoms with Crippen LogP contribution in [-0.2, 0) is 15.3 Å². The number of para-hydroxylation sites is 1. The number of thioether (sulfide) groups is 1. The van der Waals surface area contributed by atoms with Gasteiger partial charge in [-0.05, 0) is 24.3 Å². The van der Waals surface area contributed by atoms with Crippen molar-refractivity contribution in [1.82, 2.24) is 5.16 Å². The molecule has 0 spiro atoms. The number of carbonyl (C=O) groups excluding carboxylic acids is 2. The second kappa shape index (κ2) is 9.83. The van der Waals surface area contributed by atoms with Crippen LogP contribution in [0.5, 0.6) is 5.75 Å². The van der Waals surface area contributed by atoms with Gasteiger partial charge in [-0.1, -0.05) is 50.2 Å². The second-order valence-electron chi connectivity index (χ2n) is 7.91. The maximum Gasteiger partial charge on any atom is 0.339 e. The first-order chi connectivity index (χ1) is 14.8. The molecule has 0 unspecified atom stereocenters. The van der Waals surface area contributed by atoms with E-state index in [9.17, 15) is 9.59 Å². The van der Waals surface area contributed by atoms with Crippen LogP contribution in [0.2, 0.25) is 0 Å². The molecule has 3 rings (SSSR count). The van der Waals surface area contributed by atoms with Crippen LogP contribution in [0.1, 0.15) is 36.9 Å². The number of methoxy groups -OCH3 is 1. The Bertz CT molecular complexity index is 1070. The SMILES string of the molecule is COc1ccccc1-c1cc(CSc2ccccc2C(=O)OCC(=O)C(C)(C)C)on1. The number of hydrogen-bond donors (Lipinski definition) is 0. The van der Waals surface area contributed by atoms with E-state index in [4.69, 9.17) is 14.0 Å². The maximum atomic E-state index is 12.5. The zero-order chi connectivity index (χ0) is 22.4. The van der Waals surface area contributed by atoms with Gasteiger partial charge in [-0.25, -0.2) is 4.79 Å². The van der Waals surface area contributed by atoms with E-state index in [2.05, 4.69) is 5.16 Å². The van der Waals surface area contributed by atoms with Gasteiger partial charge in [0.1, 0.15) is 17.2 Å². The third-order valence-electron chi connectivity index (χ3n) is 4.59. The van der Waals surface area contributed by atoms with E-state index in [-0.39, 0.29) is 12.4 Å². The molecule has 6 nitrogen and oxygen atoms in total. The largest absolute Gasteiger partial charge is 0.496 e. The third kappa shape index (κ3) is 5.76. The standard InChI is InChI=1S/C24H25NO5S/c1-24(2,3)22(26)14-29-23(27)18-10-6-8-12-21(18)31-15-16-13-19(25-30-16)17-9-5-7-11-20(17)28-4/h5-13H,14-15H2,1-4H3. The number of carbonyl (C=O) groups is 2. The summed E-state index contributed by atoms with van der Waals surface area (Å²) in [7, 11) is 1.61. The van der Waals surface area contributed by atoms with Gasteiger partial charge in [-0.15, -0.1) is 11.8 Å². The first-order valence-electron chi connectivity index (χ1n) is 9.81. The molecule has 1 heterocycles. The molecule has 0 N–H and O–H groups in total. The normalized spacial score (nSPS) is 11.2. The molecule has 3 aromatic rings. The highest BCUT2D eigenvalue weighted by Crippen LogP contribution is 2.32. The van der Waals surface area contributed by atoms with Crippen LogP contribution in [-0.4, -0.2) is 30.6 Å². The fraction of sp³-hybridized carbons (Fsp3) is 0.292. The number of esters is 1. The first-order valence-corrected chi connectivity index (χ1v) is 10.8. The quantitative estimate of drug-likeness (QED) is 0.343. The maximum absolute atomic E-state index is 12.5. The topological polar surface area (TPSA) is 78.6 Å². The molecule has 7 heteroatoms. The van der Waals surface area contributed by atoms with Crippen molar-refractivity contribution in [2.75, 3.05) is 13.7 Å². The lowest BCUT2D eigenvalue weighted by Crippen LogP contribution is -2.26. The molecule has 0 aliphatic heterocycles. The summed E-state index contributed by atoms with van der Waals surface area (Å²) in [5.41, 5.74) is 1.39. The van der Waals surface area contributed by atoms with Crippen LogP contribution < -0.4 is 4.74 Å². The molecule has 0 bridgehead atoms. The average molecular weight is 440 g/mol. The number of hydrogen-bond acceptors (Lipinski definition) is 7. The number of benzene rings is 2. The zero-order valence-corrected chi connectivity index (χ0v) is 18.8. The van der Waals surface area contributed by atoms with E-state index in [1.807, 2.05) is 42.5 Å². The van der Waals surface area contributed by atoms with Crippen LogP contribution in [0.15, 0.2) is 64.0 Å². The summed E-state index contributed by atoms with van der Waals surface area (Å²) in [6.07, 6.45) is 0. The van der Waals surface area contributed by atoms with Crippen LogP contribution in [0.3, 0.4) is 0 Å². The van der Waals surface area contributed by atoms with Crippen molar-refractivity contribution in [3.63, 3.8) is 0 Å². The lowest BCUT2D eigenvalue weighted by molar-refractivity contribution is -0.129. The number of ether oxygens (including phenoxy) is 2. The monoisotopic (exact) mass is 439 g/mol. The van der Waals surface area contributed by atoms with Crippen molar-refractivity contribution < 1.29 is 23.6 Å². The Hall–Kier alpha value is -3.06. The van der Waals surface area contributed by atoms with E-state index in [1.165, 1.54) is 11.8 Å². The lowest BCUT2D eigenvalue weighted by Gasteiger charge is -2.16. The summed E-state index contributed by atoms with van der Waals surface area (Å²) in [5, 5.41) is 4.14. The summed E-state index contributed by atoms with van der Waals surface area (Å²) in [5.74, 6) is 1.21. The van der Waals surface area contributed by atoms with Crippen molar-refractivity contribution in [3.8, 4) is 17.0 Å². The summed E-state index contributed by atoms with van der Waals surface area (Å²) in [6, 6.07) is 16.6. The third-order valence-corrected chi connectivity index (χ3v) is 5.69. The van der Waals surface area contributed by atoms with E-state index in [0.29, 0.717) is 28.5 Å². The number of Topliss-reactive ketones (excluding diaryl/α,β-unsaturated/α-hetero) is 1. The fourth-order valence-corrected chi connectivity index (χ4v) is 3.62. The van der Waals surface area contributed by atoms with E-state index in [0.717, 1.165) is 10.5 Å². The summed E-state index contributed by atoms with van der Waals surface area (Å²) < 4.78 is 16.1. The van der Waals surface area contributed by atoms with Crippen molar-refractivity contribution >= 4 is 23.5 Å². The summed E-state index contributed by atoms with van der Waals surface area (Å²) in [4.78, 5) is 25.3. The van der Waals surface area contributed by atoms with Crippen molar-refractivity contribution in [2.24, 2.45) is 5.41 Å². The molecule has 0 saturated heterocycles. The van der Waals surface area contributed by atoms with Gasteiger partial charge in [-0.2, -0.15) is 0 Å². The minimum Gasteiger partial charge on any atom is -0.496 e. The lowest BCUT2D eigenvalue weighted by atomic mass is 9.91. The predicted octanol–water partition coefficient (Wildman–Crippen LogP) is 5.41. The first kappa shape index (κ1) is 22.6. The molecule has 0 radical (unpaired) electrons. The Morgan fingerprint density at radius 3 is 2.52 bits per heavy atom. The molecular weight excluding hydrogens is 414 g/mol.